The molecule has 0 unspecified atom stereocenters. The SMILES string of the molecule is CNC(O)(O)c1ccc(/C(=N/N(C=O)Cc2ccc(Cl)cc2)c2ccccc2C)c(F)n1. The molecule has 0 saturated carbocycles. The summed E-state index contributed by atoms with van der Waals surface area (Å²) < 4.78 is 15.0. The zero-order chi connectivity index (χ0) is 23.3. The Bertz CT molecular complexity index is 1140. The lowest BCUT2D eigenvalue weighted by molar-refractivity contribution is -0.193. The summed E-state index contributed by atoms with van der Waals surface area (Å²) in [5.41, 5.74) is 2.03. The summed E-state index contributed by atoms with van der Waals surface area (Å²) in [4.78, 5) is 15.5. The second-order valence-corrected chi connectivity index (χ2v) is 7.49. The fourth-order valence-corrected chi connectivity index (χ4v) is 3.15. The van der Waals surface area contributed by atoms with Crippen molar-refractivity contribution in [1.29, 1.82) is 0 Å². The summed E-state index contributed by atoms with van der Waals surface area (Å²) in [5, 5.41) is 28.2. The van der Waals surface area contributed by atoms with Crippen molar-refractivity contribution in [3.05, 3.63) is 99.6 Å². The van der Waals surface area contributed by atoms with Crippen LogP contribution in [0, 0.1) is 12.9 Å². The van der Waals surface area contributed by atoms with E-state index in [1.807, 2.05) is 19.1 Å². The molecule has 1 heterocycles. The van der Waals surface area contributed by atoms with E-state index in [9.17, 15) is 15.0 Å². The summed E-state index contributed by atoms with van der Waals surface area (Å²) >= 11 is 5.92. The van der Waals surface area contributed by atoms with Crippen LogP contribution in [0.25, 0.3) is 0 Å². The fraction of sp³-hybridized carbons (Fsp3) is 0.174. The van der Waals surface area contributed by atoms with Crippen molar-refractivity contribution in [3.63, 3.8) is 0 Å². The van der Waals surface area contributed by atoms with Gasteiger partial charge in [0.15, 0.2) is 0 Å². The number of amides is 1. The smallest absolute Gasteiger partial charge is 0.268 e. The molecule has 7 nitrogen and oxygen atoms in total. The van der Waals surface area contributed by atoms with E-state index in [2.05, 4.69) is 15.4 Å². The molecular weight excluding hydrogens is 435 g/mol. The van der Waals surface area contributed by atoms with E-state index in [4.69, 9.17) is 11.6 Å². The van der Waals surface area contributed by atoms with Crippen LogP contribution in [-0.4, -0.2) is 39.4 Å². The van der Waals surface area contributed by atoms with Crippen LogP contribution in [0.1, 0.15) is 27.9 Å². The van der Waals surface area contributed by atoms with Crippen molar-refractivity contribution in [2.24, 2.45) is 5.10 Å². The monoisotopic (exact) mass is 456 g/mol. The first-order valence-corrected chi connectivity index (χ1v) is 10.0. The Kier molecular flexibility index (Phi) is 7.32. The number of hydrazone groups is 1. The normalized spacial score (nSPS) is 12.0. The van der Waals surface area contributed by atoms with Gasteiger partial charge in [0.25, 0.3) is 5.91 Å². The molecule has 0 fully saturated rings. The molecule has 0 aliphatic carbocycles. The maximum atomic E-state index is 15.0. The lowest BCUT2D eigenvalue weighted by atomic mass is 9.99. The standard InChI is InChI=1S/C23H22ClFN4O3/c1-15-5-3-4-6-18(15)21(19-11-12-20(27-22(19)25)23(31,32)26-2)28-29(14-30)13-16-7-9-17(24)10-8-16/h3-12,14,26,31-32H,13H2,1-2H3/b28-21+. The third-order valence-electron chi connectivity index (χ3n) is 4.82. The second kappa shape index (κ2) is 9.97. The number of aliphatic hydroxyl groups is 2. The van der Waals surface area contributed by atoms with Gasteiger partial charge < -0.3 is 10.2 Å². The van der Waals surface area contributed by atoms with Gasteiger partial charge in [-0.1, -0.05) is 48.0 Å². The average molecular weight is 457 g/mol. The maximum Gasteiger partial charge on any atom is 0.268 e. The van der Waals surface area contributed by atoms with E-state index >= 15 is 4.39 Å². The largest absolute Gasteiger partial charge is 0.348 e. The van der Waals surface area contributed by atoms with Crippen LogP contribution >= 0.6 is 11.6 Å². The average Bonchev–Trinajstić information content (AvgIpc) is 2.79. The number of pyridine rings is 1. The fourth-order valence-electron chi connectivity index (χ4n) is 3.03. The van der Waals surface area contributed by atoms with E-state index < -0.39 is 11.9 Å². The minimum absolute atomic E-state index is 0.00194. The second-order valence-electron chi connectivity index (χ2n) is 7.05. The van der Waals surface area contributed by atoms with Gasteiger partial charge in [0.2, 0.25) is 12.4 Å². The van der Waals surface area contributed by atoms with Gasteiger partial charge in [0, 0.05) is 10.6 Å². The van der Waals surface area contributed by atoms with Crippen molar-refractivity contribution in [3.8, 4) is 0 Å². The summed E-state index contributed by atoms with van der Waals surface area (Å²) in [7, 11) is 1.30. The molecule has 0 aliphatic heterocycles. The van der Waals surface area contributed by atoms with Crippen LogP contribution in [0.3, 0.4) is 0 Å². The molecule has 0 bridgehead atoms. The predicted octanol–water partition coefficient (Wildman–Crippen LogP) is 2.91. The molecule has 0 aliphatic rings. The molecule has 3 rings (SSSR count). The molecule has 0 spiro atoms. The summed E-state index contributed by atoms with van der Waals surface area (Å²) in [6, 6.07) is 16.7. The lowest BCUT2D eigenvalue weighted by Crippen LogP contribution is -2.40. The Balaban J connectivity index is 2.09. The van der Waals surface area contributed by atoms with Gasteiger partial charge in [0.1, 0.15) is 11.4 Å². The molecule has 1 amide bonds. The minimum Gasteiger partial charge on any atom is -0.348 e. The highest BCUT2D eigenvalue weighted by molar-refractivity contribution is 6.30. The van der Waals surface area contributed by atoms with Crippen molar-refractivity contribution < 1.29 is 19.4 Å². The van der Waals surface area contributed by atoms with Crippen molar-refractivity contribution in [1.82, 2.24) is 15.3 Å². The van der Waals surface area contributed by atoms with Gasteiger partial charge in [-0.05, 0) is 49.4 Å². The van der Waals surface area contributed by atoms with E-state index in [1.165, 1.54) is 19.2 Å². The zero-order valence-electron chi connectivity index (χ0n) is 17.5. The van der Waals surface area contributed by atoms with Crippen LogP contribution < -0.4 is 5.32 Å². The zero-order valence-corrected chi connectivity index (χ0v) is 18.2. The van der Waals surface area contributed by atoms with Crippen molar-refractivity contribution in [2.45, 2.75) is 19.4 Å². The van der Waals surface area contributed by atoms with Gasteiger partial charge in [-0.15, -0.1) is 0 Å². The third-order valence-corrected chi connectivity index (χ3v) is 5.07. The Morgan fingerprint density at radius 2 is 1.84 bits per heavy atom. The molecule has 0 radical (unpaired) electrons. The quantitative estimate of drug-likeness (QED) is 0.159. The summed E-state index contributed by atoms with van der Waals surface area (Å²) in [5.74, 6) is -3.47. The molecular formula is C23H22ClFN4O3. The number of halogens is 2. The number of nitrogens with zero attached hydrogens (tertiary/aromatic N) is 3. The van der Waals surface area contributed by atoms with E-state index in [-0.39, 0.29) is 23.5 Å². The third kappa shape index (κ3) is 5.35. The number of benzene rings is 2. The van der Waals surface area contributed by atoms with Gasteiger partial charge in [-0.25, -0.2) is 9.99 Å². The van der Waals surface area contributed by atoms with Crippen LogP contribution in [0.4, 0.5) is 4.39 Å². The van der Waals surface area contributed by atoms with Gasteiger partial charge in [-0.2, -0.15) is 9.49 Å². The van der Waals surface area contributed by atoms with Crippen LogP contribution in [0.15, 0.2) is 65.8 Å². The number of hydrogen-bond acceptors (Lipinski definition) is 6. The van der Waals surface area contributed by atoms with Gasteiger partial charge in [-0.3, -0.25) is 10.1 Å². The molecule has 9 heteroatoms. The first-order valence-electron chi connectivity index (χ1n) is 9.67. The highest BCUT2D eigenvalue weighted by Crippen LogP contribution is 2.21. The Hall–Kier alpha value is -3.17. The maximum absolute atomic E-state index is 15.0. The highest BCUT2D eigenvalue weighted by Gasteiger charge is 2.27. The molecule has 32 heavy (non-hydrogen) atoms. The number of hydrogen-bond donors (Lipinski definition) is 3. The van der Waals surface area contributed by atoms with Crippen LogP contribution in [-0.2, 0) is 17.3 Å². The molecule has 0 atom stereocenters. The molecule has 166 valence electrons. The topological polar surface area (TPSA) is 98.0 Å². The minimum atomic E-state index is -2.50. The lowest BCUT2D eigenvalue weighted by Gasteiger charge is -2.21. The number of aromatic nitrogens is 1. The summed E-state index contributed by atoms with van der Waals surface area (Å²) in [6.45, 7) is 1.97. The molecule has 0 saturated heterocycles. The van der Waals surface area contributed by atoms with Crippen LogP contribution in [0.5, 0.6) is 0 Å². The predicted molar refractivity (Wildman–Crippen MR) is 119 cm³/mol. The molecule has 2 aromatic carbocycles. The number of nitrogens with one attached hydrogen (secondary N) is 1. The first kappa shape index (κ1) is 23.5. The van der Waals surface area contributed by atoms with Gasteiger partial charge >= 0.3 is 0 Å². The Morgan fingerprint density at radius 1 is 1.16 bits per heavy atom. The number of carbonyl (C=O) groups is 1. The molecule has 3 aromatic rings. The first-order chi connectivity index (χ1) is 15.2. The highest BCUT2D eigenvalue weighted by atomic mass is 35.5. The summed E-state index contributed by atoms with van der Waals surface area (Å²) in [6.07, 6.45) is 0.542. The van der Waals surface area contributed by atoms with Gasteiger partial charge in [0.05, 0.1) is 12.1 Å². The van der Waals surface area contributed by atoms with Crippen molar-refractivity contribution >= 4 is 23.7 Å². The number of aryl methyl sites for hydroxylation is 1. The van der Waals surface area contributed by atoms with E-state index in [0.717, 1.165) is 16.1 Å². The van der Waals surface area contributed by atoms with Crippen molar-refractivity contribution in [2.75, 3.05) is 7.05 Å². The number of rotatable bonds is 8. The number of carbonyl (C=O) groups excluding carboxylic acids is 1. The molecule has 1 aromatic heterocycles. The van der Waals surface area contributed by atoms with E-state index in [0.29, 0.717) is 17.0 Å². The van der Waals surface area contributed by atoms with E-state index in [1.54, 1.807) is 36.4 Å². The van der Waals surface area contributed by atoms with Crippen LogP contribution in [0.2, 0.25) is 5.02 Å². The Morgan fingerprint density at radius 3 is 2.44 bits per heavy atom. The molecule has 3 N–H and O–H groups in total. The Labute approximate surface area is 189 Å².